The van der Waals surface area contributed by atoms with Gasteiger partial charge in [0.15, 0.2) is 0 Å². The third-order valence-electron chi connectivity index (χ3n) is 4.28. The number of aliphatic hydroxyl groups excluding tert-OH is 1. The summed E-state index contributed by atoms with van der Waals surface area (Å²) >= 11 is 0. The van der Waals surface area contributed by atoms with Crippen LogP contribution < -0.4 is 10.2 Å². The number of benzene rings is 1. The summed E-state index contributed by atoms with van der Waals surface area (Å²) in [5.41, 5.74) is 2.87. The minimum Gasteiger partial charge on any atom is -0.396 e. The molecule has 0 aliphatic carbocycles. The molecular formula is C18H24N4O. The number of aliphatic hydroxyl groups is 1. The molecule has 23 heavy (non-hydrogen) atoms. The van der Waals surface area contributed by atoms with Crippen molar-refractivity contribution in [2.75, 3.05) is 29.9 Å². The van der Waals surface area contributed by atoms with Crippen LogP contribution in [-0.2, 0) is 12.0 Å². The van der Waals surface area contributed by atoms with E-state index in [1.165, 1.54) is 11.1 Å². The molecule has 0 radical (unpaired) electrons. The first-order valence-electron chi connectivity index (χ1n) is 8.11. The molecule has 1 aromatic heterocycles. The van der Waals surface area contributed by atoms with Gasteiger partial charge in [-0.2, -0.15) is 4.98 Å². The summed E-state index contributed by atoms with van der Waals surface area (Å²) in [6, 6.07) is 10.6. The molecule has 1 aromatic carbocycles. The molecule has 2 aromatic rings. The van der Waals surface area contributed by atoms with Gasteiger partial charge >= 0.3 is 0 Å². The van der Waals surface area contributed by atoms with Crippen LogP contribution in [-0.4, -0.2) is 34.8 Å². The summed E-state index contributed by atoms with van der Waals surface area (Å²) in [6.07, 6.45) is 2.48. The van der Waals surface area contributed by atoms with E-state index in [0.29, 0.717) is 18.9 Å². The van der Waals surface area contributed by atoms with Crippen molar-refractivity contribution in [2.24, 2.45) is 0 Å². The highest BCUT2D eigenvalue weighted by atomic mass is 16.3. The number of nitrogens with one attached hydrogen (secondary N) is 1. The molecule has 0 spiro atoms. The highest BCUT2D eigenvalue weighted by Gasteiger charge is 2.31. The number of nitrogens with zero attached hydrogens (tertiary/aromatic N) is 3. The zero-order chi connectivity index (χ0) is 16.3. The minimum atomic E-state index is 0.0876. The first kappa shape index (κ1) is 15.7. The van der Waals surface area contributed by atoms with Gasteiger partial charge in [0.05, 0.1) is 0 Å². The highest BCUT2D eigenvalue weighted by molar-refractivity contribution is 5.49. The molecule has 2 N–H and O–H groups in total. The smallest absolute Gasteiger partial charge is 0.224 e. The predicted octanol–water partition coefficient (Wildman–Crippen LogP) is 2.57. The topological polar surface area (TPSA) is 61.3 Å². The normalized spacial score (nSPS) is 16.0. The average molecular weight is 312 g/mol. The van der Waals surface area contributed by atoms with Crippen molar-refractivity contribution in [3.63, 3.8) is 0 Å². The molecule has 0 fully saturated rings. The highest BCUT2D eigenvalue weighted by Crippen LogP contribution is 2.34. The van der Waals surface area contributed by atoms with E-state index in [1.54, 1.807) is 6.20 Å². The van der Waals surface area contributed by atoms with E-state index in [4.69, 9.17) is 5.11 Å². The fourth-order valence-electron chi connectivity index (χ4n) is 3.19. The van der Waals surface area contributed by atoms with Crippen molar-refractivity contribution < 1.29 is 5.11 Å². The second kappa shape index (κ2) is 6.54. The fourth-order valence-corrected chi connectivity index (χ4v) is 3.19. The van der Waals surface area contributed by atoms with Crippen molar-refractivity contribution >= 4 is 11.8 Å². The zero-order valence-corrected chi connectivity index (χ0v) is 13.8. The van der Waals surface area contributed by atoms with Crippen molar-refractivity contribution in [1.82, 2.24) is 9.97 Å². The quantitative estimate of drug-likeness (QED) is 0.831. The van der Waals surface area contributed by atoms with E-state index < -0.39 is 0 Å². The molecule has 0 saturated heterocycles. The Labute approximate surface area is 137 Å². The molecule has 3 rings (SSSR count). The standard InChI is InChI=1S/C18H24N4O/c1-18(2)13-22(12-14-6-3-4-7-15(14)18)16-8-10-20-17(21-16)19-9-5-11-23/h3-4,6-8,10,23H,5,9,11-13H2,1-2H3,(H,19,20,21). The lowest BCUT2D eigenvalue weighted by atomic mass is 9.78. The Hall–Kier alpha value is -2.14. The summed E-state index contributed by atoms with van der Waals surface area (Å²) in [5, 5.41) is 12.0. The minimum absolute atomic E-state index is 0.0876. The molecule has 0 bridgehead atoms. The van der Waals surface area contributed by atoms with Gasteiger partial charge in [-0.3, -0.25) is 0 Å². The van der Waals surface area contributed by atoms with E-state index in [1.807, 2.05) is 6.07 Å². The van der Waals surface area contributed by atoms with Crippen LogP contribution >= 0.6 is 0 Å². The van der Waals surface area contributed by atoms with Gasteiger partial charge in [-0.1, -0.05) is 38.1 Å². The van der Waals surface area contributed by atoms with Crippen LogP contribution in [0.4, 0.5) is 11.8 Å². The summed E-state index contributed by atoms with van der Waals surface area (Å²) < 4.78 is 0. The lowest BCUT2D eigenvalue weighted by Gasteiger charge is -2.40. The van der Waals surface area contributed by atoms with Crippen LogP contribution in [0.15, 0.2) is 36.5 Å². The molecule has 5 nitrogen and oxygen atoms in total. The zero-order valence-electron chi connectivity index (χ0n) is 13.8. The van der Waals surface area contributed by atoms with E-state index in [2.05, 4.69) is 58.3 Å². The Morgan fingerprint density at radius 3 is 2.91 bits per heavy atom. The van der Waals surface area contributed by atoms with Crippen LogP contribution in [0.25, 0.3) is 0 Å². The van der Waals surface area contributed by atoms with Crippen molar-refractivity contribution in [3.8, 4) is 0 Å². The van der Waals surface area contributed by atoms with Crippen molar-refractivity contribution in [1.29, 1.82) is 0 Å². The largest absolute Gasteiger partial charge is 0.396 e. The molecule has 0 unspecified atom stereocenters. The molecule has 122 valence electrons. The lowest BCUT2D eigenvalue weighted by molar-refractivity contribution is 0.292. The van der Waals surface area contributed by atoms with Gasteiger partial charge < -0.3 is 15.3 Å². The first-order valence-corrected chi connectivity index (χ1v) is 8.11. The monoisotopic (exact) mass is 312 g/mol. The van der Waals surface area contributed by atoms with E-state index >= 15 is 0 Å². The van der Waals surface area contributed by atoms with Gasteiger partial charge in [0.1, 0.15) is 5.82 Å². The Kier molecular flexibility index (Phi) is 4.48. The Balaban J connectivity index is 1.82. The third kappa shape index (κ3) is 3.45. The molecule has 2 heterocycles. The maximum Gasteiger partial charge on any atom is 0.224 e. The molecule has 5 heteroatoms. The van der Waals surface area contributed by atoms with Crippen molar-refractivity contribution in [2.45, 2.75) is 32.2 Å². The summed E-state index contributed by atoms with van der Waals surface area (Å²) in [5.74, 6) is 1.56. The van der Waals surface area contributed by atoms with Crippen LogP contribution in [0.5, 0.6) is 0 Å². The molecular weight excluding hydrogens is 288 g/mol. The number of aromatic nitrogens is 2. The first-order chi connectivity index (χ1) is 11.1. The van der Waals surface area contributed by atoms with Crippen molar-refractivity contribution in [3.05, 3.63) is 47.7 Å². The van der Waals surface area contributed by atoms with Crippen LogP contribution in [0.2, 0.25) is 0 Å². The second-order valence-corrected chi connectivity index (χ2v) is 6.64. The fraction of sp³-hybridized carbons (Fsp3) is 0.444. The molecule has 0 saturated carbocycles. The number of hydrogen-bond acceptors (Lipinski definition) is 5. The molecule has 0 amide bonds. The van der Waals surface area contributed by atoms with Gasteiger partial charge in [0, 0.05) is 37.9 Å². The SMILES string of the molecule is CC1(C)CN(c2ccnc(NCCCO)n2)Cc2ccccc21. The third-order valence-corrected chi connectivity index (χ3v) is 4.28. The molecule has 1 aliphatic heterocycles. The number of hydrogen-bond donors (Lipinski definition) is 2. The summed E-state index contributed by atoms with van der Waals surface area (Å²) in [4.78, 5) is 11.2. The van der Waals surface area contributed by atoms with E-state index in [9.17, 15) is 0 Å². The van der Waals surface area contributed by atoms with Gasteiger partial charge in [0.25, 0.3) is 0 Å². The predicted molar refractivity (Wildman–Crippen MR) is 92.7 cm³/mol. The maximum absolute atomic E-state index is 8.86. The number of fused-ring (bicyclic) bond motifs is 1. The van der Waals surface area contributed by atoms with Gasteiger partial charge in [-0.25, -0.2) is 4.98 Å². The van der Waals surface area contributed by atoms with E-state index in [0.717, 1.165) is 18.9 Å². The molecule has 0 atom stereocenters. The van der Waals surface area contributed by atoms with Gasteiger partial charge in [0.2, 0.25) is 5.95 Å². The molecule has 1 aliphatic rings. The van der Waals surface area contributed by atoms with Crippen LogP contribution in [0, 0.1) is 0 Å². The lowest BCUT2D eigenvalue weighted by Crippen LogP contribution is -2.42. The van der Waals surface area contributed by atoms with Crippen LogP contribution in [0.1, 0.15) is 31.4 Å². The van der Waals surface area contributed by atoms with Gasteiger partial charge in [-0.05, 0) is 23.6 Å². The van der Waals surface area contributed by atoms with E-state index in [-0.39, 0.29) is 12.0 Å². The Morgan fingerprint density at radius 2 is 2.09 bits per heavy atom. The number of rotatable bonds is 5. The maximum atomic E-state index is 8.86. The Bertz CT molecular complexity index is 672. The average Bonchev–Trinajstić information content (AvgIpc) is 2.55. The summed E-state index contributed by atoms with van der Waals surface area (Å²) in [6.45, 7) is 7.20. The Morgan fingerprint density at radius 1 is 1.26 bits per heavy atom. The van der Waals surface area contributed by atoms with Crippen LogP contribution in [0.3, 0.4) is 0 Å². The summed E-state index contributed by atoms with van der Waals surface area (Å²) in [7, 11) is 0. The van der Waals surface area contributed by atoms with Gasteiger partial charge in [-0.15, -0.1) is 0 Å². The second-order valence-electron chi connectivity index (χ2n) is 6.64. The number of anilines is 2.